The first-order valence-corrected chi connectivity index (χ1v) is 7.14. The van der Waals surface area contributed by atoms with Gasteiger partial charge in [-0.1, -0.05) is 30.3 Å². The summed E-state index contributed by atoms with van der Waals surface area (Å²) in [6, 6.07) is 13.6. The van der Waals surface area contributed by atoms with Crippen molar-refractivity contribution in [3.63, 3.8) is 0 Å². The molecule has 3 rings (SSSR count). The van der Waals surface area contributed by atoms with E-state index in [-0.39, 0.29) is 11.9 Å². The zero-order valence-electron chi connectivity index (χ0n) is 12.0. The third-order valence-electron chi connectivity index (χ3n) is 3.75. The Kier molecular flexibility index (Phi) is 3.86. The van der Waals surface area contributed by atoms with Gasteiger partial charge in [-0.25, -0.2) is 4.98 Å². The highest BCUT2D eigenvalue weighted by atomic mass is 16.5. The molecule has 1 heterocycles. The van der Waals surface area contributed by atoms with Crippen molar-refractivity contribution >= 4 is 5.91 Å². The number of rotatable bonds is 5. The van der Waals surface area contributed by atoms with Gasteiger partial charge in [0.05, 0.1) is 18.7 Å². The van der Waals surface area contributed by atoms with Crippen LogP contribution in [0.4, 0.5) is 0 Å². The van der Waals surface area contributed by atoms with Crippen LogP contribution in [0.25, 0.3) is 0 Å². The van der Waals surface area contributed by atoms with Crippen LogP contribution in [0, 0.1) is 5.92 Å². The van der Waals surface area contributed by atoms with Crippen LogP contribution in [0.2, 0.25) is 0 Å². The van der Waals surface area contributed by atoms with Gasteiger partial charge in [0.2, 0.25) is 5.88 Å². The largest absolute Gasteiger partial charge is 0.481 e. The van der Waals surface area contributed by atoms with Crippen molar-refractivity contribution in [2.24, 2.45) is 5.92 Å². The van der Waals surface area contributed by atoms with E-state index in [0.717, 1.165) is 5.56 Å². The van der Waals surface area contributed by atoms with Crippen LogP contribution >= 0.6 is 0 Å². The lowest BCUT2D eigenvalue weighted by atomic mass is 10.0. The van der Waals surface area contributed by atoms with Crippen LogP contribution in [0.1, 0.15) is 34.8 Å². The number of hydrogen-bond donors (Lipinski definition) is 1. The summed E-state index contributed by atoms with van der Waals surface area (Å²) in [6.45, 7) is 0. The van der Waals surface area contributed by atoms with E-state index in [0.29, 0.717) is 17.4 Å². The van der Waals surface area contributed by atoms with E-state index >= 15 is 0 Å². The Bertz CT molecular complexity index is 606. The molecule has 0 saturated heterocycles. The standard InChI is InChI=1S/C17H18N2O2/c1-21-15-10-9-14(11-18-15)17(20)19-16(13-7-8-13)12-5-3-2-4-6-12/h2-6,9-11,13,16H,7-8H2,1H3,(H,19,20). The lowest BCUT2D eigenvalue weighted by Gasteiger charge is -2.18. The number of methoxy groups -OCH3 is 1. The Labute approximate surface area is 124 Å². The van der Waals surface area contributed by atoms with Crippen molar-refractivity contribution in [3.05, 3.63) is 59.8 Å². The molecule has 4 heteroatoms. The van der Waals surface area contributed by atoms with Crippen LogP contribution < -0.4 is 10.1 Å². The molecule has 2 aromatic rings. The van der Waals surface area contributed by atoms with Crippen molar-refractivity contribution in [1.29, 1.82) is 0 Å². The Hall–Kier alpha value is -2.36. The molecule has 1 fully saturated rings. The zero-order valence-corrected chi connectivity index (χ0v) is 12.0. The quantitative estimate of drug-likeness (QED) is 0.917. The molecular weight excluding hydrogens is 264 g/mol. The lowest BCUT2D eigenvalue weighted by molar-refractivity contribution is 0.0931. The van der Waals surface area contributed by atoms with Crippen LogP contribution in [0.15, 0.2) is 48.7 Å². The molecular formula is C17H18N2O2. The van der Waals surface area contributed by atoms with Gasteiger partial charge in [0.15, 0.2) is 0 Å². The molecule has 1 aliphatic rings. The number of carbonyl (C=O) groups excluding carboxylic acids is 1. The Morgan fingerprint density at radius 1 is 1.24 bits per heavy atom. The van der Waals surface area contributed by atoms with Crippen molar-refractivity contribution in [2.75, 3.05) is 7.11 Å². The fourth-order valence-electron chi connectivity index (χ4n) is 2.42. The molecule has 0 spiro atoms. The number of hydrogen-bond acceptors (Lipinski definition) is 3. The van der Waals surface area contributed by atoms with Crippen molar-refractivity contribution in [3.8, 4) is 5.88 Å². The monoisotopic (exact) mass is 282 g/mol. The molecule has 0 aliphatic heterocycles. The number of ether oxygens (including phenoxy) is 1. The third kappa shape index (κ3) is 3.21. The smallest absolute Gasteiger partial charge is 0.253 e. The molecule has 1 aromatic carbocycles. The highest BCUT2D eigenvalue weighted by Crippen LogP contribution is 2.41. The minimum absolute atomic E-state index is 0.0841. The molecule has 108 valence electrons. The summed E-state index contributed by atoms with van der Waals surface area (Å²) in [5, 5.41) is 3.13. The molecule has 0 bridgehead atoms. The van der Waals surface area contributed by atoms with Gasteiger partial charge in [-0.2, -0.15) is 0 Å². The number of pyridine rings is 1. The van der Waals surface area contributed by atoms with Gasteiger partial charge in [0.1, 0.15) is 0 Å². The average Bonchev–Trinajstić information content (AvgIpc) is 3.38. The van der Waals surface area contributed by atoms with Gasteiger partial charge in [0, 0.05) is 12.3 Å². The number of carbonyl (C=O) groups is 1. The molecule has 1 saturated carbocycles. The van der Waals surface area contributed by atoms with Gasteiger partial charge in [-0.15, -0.1) is 0 Å². The van der Waals surface area contributed by atoms with E-state index in [4.69, 9.17) is 4.74 Å². The lowest BCUT2D eigenvalue weighted by Crippen LogP contribution is -2.29. The van der Waals surface area contributed by atoms with E-state index in [1.54, 1.807) is 25.4 Å². The van der Waals surface area contributed by atoms with E-state index in [2.05, 4.69) is 22.4 Å². The topological polar surface area (TPSA) is 51.2 Å². The molecule has 1 aromatic heterocycles. The zero-order chi connectivity index (χ0) is 14.7. The first-order chi connectivity index (χ1) is 10.3. The second-order valence-electron chi connectivity index (χ2n) is 5.29. The predicted molar refractivity (Wildman–Crippen MR) is 80.2 cm³/mol. The Morgan fingerprint density at radius 2 is 2.00 bits per heavy atom. The van der Waals surface area contributed by atoms with Gasteiger partial charge in [0.25, 0.3) is 5.91 Å². The predicted octanol–water partition coefficient (Wildman–Crippen LogP) is 2.97. The van der Waals surface area contributed by atoms with Crippen LogP contribution in [0.5, 0.6) is 5.88 Å². The van der Waals surface area contributed by atoms with E-state index in [9.17, 15) is 4.79 Å². The summed E-state index contributed by atoms with van der Waals surface area (Å²) in [5.41, 5.74) is 1.72. The van der Waals surface area contributed by atoms with E-state index in [1.165, 1.54) is 12.8 Å². The van der Waals surface area contributed by atoms with Gasteiger partial charge in [-0.3, -0.25) is 4.79 Å². The molecule has 1 N–H and O–H groups in total. The third-order valence-corrected chi connectivity index (χ3v) is 3.75. The van der Waals surface area contributed by atoms with Crippen LogP contribution in [-0.2, 0) is 0 Å². The Morgan fingerprint density at radius 3 is 2.57 bits per heavy atom. The maximum Gasteiger partial charge on any atom is 0.253 e. The molecule has 1 atom stereocenters. The number of benzene rings is 1. The second kappa shape index (κ2) is 5.95. The summed E-state index contributed by atoms with van der Waals surface area (Å²) in [7, 11) is 1.56. The fraction of sp³-hybridized carbons (Fsp3) is 0.294. The van der Waals surface area contributed by atoms with Gasteiger partial charge in [-0.05, 0) is 30.4 Å². The number of nitrogens with one attached hydrogen (secondary N) is 1. The molecule has 1 amide bonds. The summed E-state index contributed by atoms with van der Waals surface area (Å²) in [6.07, 6.45) is 3.88. The maximum absolute atomic E-state index is 12.4. The number of aromatic nitrogens is 1. The van der Waals surface area contributed by atoms with Gasteiger partial charge < -0.3 is 10.1 Å². The minimum Gasteiger partial charge on any atom is -0.481 e. The summed E-state index contributed by atoms with van der Waals surface area (Å²) in [5.74, 6) is 0.960. The van der Waals surface area contributed by atoms with E-state index < -0.39 is 0 Å². The summed E-state index contributed by atoms with van der Waals surface area (Å²) in [4.78, 5) is 16.4. The normalized spacial score (nSPS) is 15.3. The first kappa shape index (κ1) is 13.6. The molecule has 4 nitrogen and oxygen atoms in total. The summed E-state index contributed by atoms with van der Waals surface area (Å²) < 4.78 is 5.00. The maximum atomic E-state index is 12.4. The van der Waals surface area contributed by atoms with E-state index in [1.807, 2.05) is 18.2 Å². The highest BCUT2D eigenvalue weighted by molar-refractivity contribution is 5.94. The second-order valence-corrected chi connectivity index (χ2v) is 5.29. The first-order valence-electron chi connectivity index (χ1n) is 7.14. The molecule has 21 heavy (non-hydrogen) atoms. The Balaban J connectivity index is 1.74. The van der Waals surface area contributed by atoms with Crippen LogP contribution in [0.3, 0.4) is 0 Å². The number of amides is 1. The van der Waals surface area contributed by atoms with Gasteiger partial charge >= 0.3 is 0 Å². The van der Waals surface area contributed by atoms with Crippen molar-refractivity contribution in [1.82, 2.24) is 10.3 Å². The van der Waals surface area contributed by atoms with Crippen molar-refractivity contribution < 1.29 is 9.53 Å². The molecule has 1 aliphatic carbocycles. The fourth-order valence-corrected chi connectivity index (χ4v) is 2.42. The SMILES string of the molecule is COc1ccc(C(=O)NC(c2ccccc2)C2CC2)cn1. The minimum atomic E-state index is -0.0918. The molecule has 0 radical (unpaired) electrons. The van der Waals surface area contributed by atoms with Crippen LogP contribution in [-0.4, -0.2) is 18.0 Å². The summed E-state index contributed by atoms with van der Waals surface area (Å²) >= 11 is 0. The average molecular weight is 282 g/mol. The number of nitrogens with zero attached hydrogens (tertiary/aromatic N) is 1. The van der Waals surface area contributed by atoms with Crippen molar-refractivity contribution in [2.45, 2.75) is 18.9 Å². The highest BCUT2D eigenvalue weighted by Gasteiger charge is 2.33. The molecule has 1 unspecified atom stereocenters.